The van der Waals surface area contributed by atoms with Crippen LogP contribution in [-0.4, -0.2) is 76.5 Å². The van der Waals surface area contributed by atoms with Gasteiger partial charge in [0.2, 0.25) is 5.91 Å². The maximum atomic E-state index is 12.4. The SMILES string of the molecule is Cl.Cl.O=C(CCN(CCO)Cc1cnn(Cc2ccccc2)c1)N1CCNCC1. The van der Waals surface area contributed by atoms with Crippen molar-refractivity contribution in [1.82, 2.24) is 24.9 Å². The highest BCUT2D eigenvalue weighted by Gasteiger charge is 2.17. The van der Waals surface area contributed by atoms with Gasteiger partial charge in [-0.15, -0.1) is 24.8 Å². The van der Waals surface area contributed by atoms with Crippen LogP contribution in [0.5, 0.6) is 0 Å². The highest BCUT2D eigenvalue weighted by Crippen LogP contribution is 2.08. The molecule has 1 aliphatic rings. The van der Waals surface area contributed by atoms with Crippen molar-refractivity contribution < 1.29 is 9.90 Å². The van der Waals surface area contributed by atoms with Crippen LogP contribution in [0.1, 0.15) is 17.5 Å². The lowest BCUT2D eigenvalue weighted by atomic mass is 10.2. The molecule has 0 spiro atoms. The van der Waals surface area contributed by atoms with Gasteiger partial charge in [-0.3, -0.25) is 14.4 Å². The van der Waals surface area contributed by atoms with Crippen LogP contribution in [0.25, 0.3) is 0 Å². The molecule has 162 valence electrons. The van der Waals surface area contributed by atoms with Crippen LogP contribution in [0.2, 0.25) is 0 Å². The Morgan fingerprint density at radius 1 is 1.10 bits per heavy atom. The van der Waals surface area contributed by atoms with E-state index in [1.54, 1.807) is 0 Å². The molecule has 1 saturated heterocycles. The third-order valence-electron chi connectivity index (χ3n) is 4.81. The van der Waals surface area contributed by atoms with Crippen molar-refractivity contribution in [3.63, 3.8) is 0 Å². The van der Waals surface area contributed by atoms with Crippen LogP contribution in [-0.2, 0) is 17.9 Å². The predicted octanol–water partition coefficient (Wildman–Crippen LogP) is 1.39. The summed E-state index contributed by atoms with van der Waals surface area (Å²) < 4.78 is 1.92. The molecule has 0 aliphatic carbocycles. The number of aromatic nitrogens is 2. The lowest BCUT2D eigenvalue weighted by molar-refractivity contribution is -0.132. The first-order valence-corrected chi connectivity index (χ1v) is 9.61. The number of piperazine rings is 1. The Hall–Kier alpha value is -1.64. The summed E-state index contributed by atoms with van der Waals surface area (Å²) in [5.74, 6) is 0.194. The molecule has 2 heterocycles. The Morgan fingerprint density at radius 3 is 2.52 bits per heavy atom. The molecular formula is C20H31Cl2N5O2. The zero-order chi connectivity index (χ0) is 18.9. The number of benzene rings is 1. The second-order valence-corrected chi connectivity index (χ2v) is 6.91. The van der Waals surface area contributed by atoms with Crippen LogP contribution in [0.4, 0.5) is 0 Å². The summed E-state index contributed by atoms with van der Waals surface area (Å²) in [5, 5.41) is 17.1. The first kappa shape index (κ1) is 25.4. The fraction of sp³-hybridized carbons (Fsp3) is 0.500. The van der Waals surface area contributed by atoms with E-state index in [9.17, 15) is 9.90 Å². The lowest BCUT2D eigenvalue weighted by Crippen LogP contribution is -2.47. The maximum absolute atomic E-state index is 12.4. The van der Waals surface area contributed by atoms with E-state index in [4.69, 9.17) is 0 Å². The van der Waals surface area contributed by atoms with E-state index in [1.165, 1.54) is 5.56 Å². The van der Waals surface area contributed by atoms with Crippen molar-refractivity contribution >= 4 is 30.7 Å². The zero-order valence-electron chi connectivity index (χ0n) is 16.6. The Kier molecular flexibility index (Phi) is 11.9. The average Bonchev–Trinajstić information content (AvgIpc) is 3.14. The number of hydrogen-bond donors (Lipinski definition) is 2. The second kappa shape index (κ2) is 13.6. The van der Waals surface area contributed by atoms with Gasteiger partial charge in [-0.1, -0.05) is 30.3 Å². The van der Waals surface area contributed by atoms with Gasteiger partial charge in [-0.2, -0.15) is 5.10 Å². The summed E-state index contributed by atoms with van der Waals surface area (Å²) in [6.07, 6.45) is 4.39. The minimum absolute atomic E-state index is 0. The standard InChI is InChI=1S/C20H29N5O2.2ClH/c26-13-12-23(9-6-20(27)24-10-7-21-8-11-24)15-19-14-22-25(17-19)16-18-4-2-1-3-5-18;;/h1-5,14,17,21,26H,6-13,15-16H2;2*1H. The number of carbonyl (C=O) groups is 1. The molecule has 2 N–H and O–H groups in total. The Balaban J connectivity index is 0.00000210. The Bertz CT molecular complexity index is 708. The molecule has 9 heteroatoms. The van der Waals surface area contributed by atoms with Gasteiger partial charge in [0.1, 0.15) is 0 Å². The molecule has 7 nitrogen and oxygen atoms in total. The number of rotatable bonds is 9. The summed E-state index contributed by atoms with van der Waals surface area (Å²) in [4.78, 5) is 16.4. The Labute approximate surface area is 184 Å². The summed E-state index contributed by atoms with van der Waals surface area (Å²) in [7, 11) is 0. The van der Waals surface area contributed by atoms with Crippen LogP contribution in [0.15, 0.2) is 42.7 Å². The second-order valence-electron chi connectivity index (χ2n) is 6.91. The summed E-state index contributed by atoms with van der Waals surface area (Å²) >= 11 is 0. The van der Waals surface area contributed by atoms with Gasteiger partial charge >= 0.3 is 0 Å². The number of nitrogens with zero attached hydrogens (tertiary/aromatic N) is 4. The number of carbonyl (C=O) groups excluding carboxylic acids is 1. The minimum Gasteiger partial charge on any atom is -0.395 e. The predicted molar refractivity (Wildman–Crippen MR) is 119 cm³/mol. The molecule has 0 unspecified atom stereocenters. The van der Waals surface area contributed by atoms with E-state index in [0.717, 1.165) is 38.3 Å². The topological polar surface area (TPSA) is 73.6 Å². The third-order valence-corrected chi connectivity index (χ3v) is 4.81. The van der Waals surface area contributed by atoms with Gasteiger partial charge in [0.15, 0.2) is 0 Å². The molecule has 29 heavy (non-hydrogen) atoms. The molecule has 0 bridgehead atoms. The van der Waals surface area contributed by atoms with Crippen molar-refractivity contribution in [3.8, 4) is 0 Å². The summed E-state index contributed by atoms with van der Waals surface area (Å²) in [5.41, 5.74) is 2.30. The van der Waals surface area contributed by atoms with E-state index < -0.39 is 0 Å². The van der Waals surface area contributed by atoms with E-state index >= 15 is 0 Å². The molecule has 1 fully saturated rings. The van der Waals surface area contributed by atoms with Crippen molar-refractivity contribution in [1.29, 1.82) is 0 Å². The van der Waals surface area contributed by atoms with Crippen molar-refractivity contribution in [3.05, 3.63) is 53.9 Å². The zero-order valence-corrected chi connectivity index (χ0v) is 18.2. The van der Waals surface area contributed by atoms with E-state index in [0.29, 0.717) is 26.1 Å². The van der Waals surface area contributed by atoms with Crippen molar-refractivity contribution in [2.75, 3.05) is 45.9 Å². The van der Waals surface area contributed by atoms with E-state index in [1.807, 2.05) is 40.2 Å². The number of halogens is 2. The van der Waals surface area contributed by atoms with E-state index in [-0.39, 0.29) is 37.3 Å². The smallest absolute Gasteiger partial charge is 0.223 e. The summed E-state index contributed by atoms with van der Waals surface area (Å²) in [6, 6.07) is 10.2. The van der Waals surface area contributed by atoms with Gasteiger partial charge < -0.3 is 15.3 Å². The van der Waals surface area contributed by atoms with Crippen molar-refractivity contribution in [2.24, 2.45) is 0 Å². The molecule has 1 aromatic carbocycles. The minimum atomic E-state index is 0. The molecule has 1 aliphatic heterocycles. The average molecular weight is 444 g/mol. The van der Waals surface area contributed by atoms with Gasteiger partial charge in [-0.05, 0) is 5.56 Å². The number of nitrogens with one attached hydrogen (secondary N) is 1. The lowest BCUT2D eigenvalue weighted by Gasteiger charge is -2.28. The van der Waals surface area contributed by atoms with Gasteiger partial charge in [0.25, 0.3) is 0 Å². The van der Waals surface area contributed by atoms with E-state index in [2.05, 4.69) is 27.4 Å². The van der Waals surface area contributed by atoms with Crippen LogP contribution < -0.4 is 5.32 Å². The monoisotopic (exact) mass is 443 g/mol. The van der Waals surface area contributed by atoms with Crippen LogP contribution in [0.3, 0.4) is 0 Å². The fourth-order valence-electron chi connectivity index (χ4n) is 3.34. The molecule has 1 aromatic heterocycles. The first-order chi connectivity index (χ1) is 13.2. The molecule has 0 saturated carbocycles. The number of aliphatic hydroxyl groups excluding tert-OH is 1. The largest absolute Gasteiger partial charge is 0.395 e. The number of amides is 1. The van der Waals surface area contributed by atoms with Gasteiger partial charge in [-0.25, -0.2) is 0 Å². The van der Waals surface area contributed by atoms with Crippen molar-refractivity contribution in [2.45, 2.75) is 19.5 Å². The third kappa shape index (κ3) is 8.32. The van der Waals surface area contributed by atoms with Gasteiger partial charge in [0, 0.05) is 64.0 Å². The quantitative estimate of drug-likeness (QED) is 0.612. The highest BCUT2D eigenvalue weighted by molar-refractivity contribution is 5.85. The molecule has 0 radical (unpaired) electrons. The van der Waals surface area contributed by atoms with Gasteiger partial charge in [0.05, 0.1) is 19.3 Å². The maximum Gasteiger partial charge on any atom is 0.223 e. The molecular weight excluding hydrogens is 413 g/mol. The molecule has 3 rings (SSSR count). The normalized spacial score (nSPS) is 13.7. The van der Waals surface area contributed by atoms with Crippen LogP contribution >= 0.6 is 24.8 Å². The molecule has 1 amide bonds. The fourth-order valence-corrected chi connectivity index (χ4v) is 3.34. The molecule has 0 atom stereocenters. The molecule has 2 aromatic rings. The number of aliphatic hydroxyl groups is 1. The first-order valence-electron chi connectivity index (χ1n) is 9.61. The summed E-state index contributed by atoms with van der Waals surface area (Å²) in [6.45, 7) is 6.01. The highest BCUT2D eigenvalue weighted by atomic mass is 35.5. The van der Waals surface area contributed by atoms with Crippen LogP contribution in [0, 0.1) is 0 Å². The Morgan fingerprint density at radius 2 is 1.83 bits per heavy atom. The number of hydrogen-bond acceptors (Lipinski definition) is 5.